The molecule has 0 aliphatic carbocycles. The first-order valence-electron chi connectivity index (χ1n) is 8.41. The number of carbonyl (C=O) groups is 2. The summed E-state index contributed by atoms with van der Waals surface area (Å²) in [6.07, 6.45) is 0. The van der Waals surface area contributed by atoms with E-state index in [0.29, 0.717) is 48.9 Å². The van der Waals surface area contributed by atoms with Gasteiger partial charge in [0.1, 0.15) is 5.75 Å². The van der Waals surface area contributed by atoms with Crippen molar-refractivity contribution >= 4 is 23.3 Å². The van der Waals surface area contributed by atoms with E-state index < -0.39 is 0 Å². The van der Waals surface area contributed by atoms with Gasteiger partial charge in [0.2, 0.25) is 0 Å². The van der Waals surface area contributed by atoms with Crippen molar-refractivity contribution in [3.63, 3.8) is 0 Å². The number of benzene rings is 2. The quantitative estimate of drug-likeness (QED) is 0.828. The number of carbonyl (C=O) groups excluding carboxylic acids is 2. The number of amides is 3. The van der Waals surface area contributed by atoms with E-state index in [0.717, 1.165) is 0 Å². The number of nitrogen functional groups attached to an aromatic ring is 1. The predicted molar refractivity (Wildman–Crippen MR) is 100 cm³/mol. The lowest BCUT2D eigenvalue weighted by atomic mass is 10.1. The molecule has 7 nitrogen and oxygen atoms in total. The Hall–Kier alpha value is -3.22. The zero-order valence-corrected chi connectivity index (χ0v) is 14.6. The minimum atomic E-state index is -0.183. The van der Waals surface area contributed by atoms with Gasteiger partial charge in [0.05, 0.1) is 7.11 Å². The van der Waals surface area contributed by atoms with Crippen LogP contribution in [-0.2, 0) is 0 Å². The van der Waals surface area contributed by atoms with Gasteiger partial charge in [0.25, 0.3) is 5.91 Å². The summed E-state index contributed by atoms with van der Waals surface area (Å²) < 4.78 is 5.15. The van der Waals surface area contributed by atoms with Crippen LogP contribution >= 0.6 is 0 Å². The average Bonchev–Trinajstić information content (AvgIpc) is 2.68. The molecule has 1 aliphatic rings. The van der Waals surface area contributed by atoms with Crippen LogP contribution in [0.5, 0.6) is 5.75 Å². The third-order valence-corrected chi connectivity index (χ3v) is 4.33. The molecule has 7 heteroatoms. The van der Waals surface area contributed by atoms with Crippen LogP contribution in [0.2, 0.25) is 0 Å². The molecule has 2 aromatic carbocycles. The van der Waals surface area contributed by atoms with Crippen molar-refractivity contribution < 1.29 is 14.3 Å². The van der Waals surface area contributed by atoms with Gasteiger partial charge in [-0.2, -0.15) is 0 Å². The van der Waals surface area contributed by atoms with Crippen LogP contribution < -0.4 is 15.8 Å². The van der Waals surface area contributed by atoms with Crippen molar-refractivity contribution in [2.75, 3.05) is 44.3 Å². The van der Waals surface area contributed by atoms with Gasteiger partial charge in [0.15, 0.2) is 0 Å². The first-order valence-corrected chi connectivity index (χ1v) is 8.41. The number of rotatable bonds is 3. The molecule has 0 aromatic heterocycles. The SMILES string of the molecule is COc1cccc(NC(=O)N2CCN(C(=O)c3ccc(N)cc3)CC2)c1. The van der Waals surface area contributed by atoms with E-state index in [2.05, 4.69) is 5.32 Å². The summed E-state index contributed by atoms with van der Waals surface area (Å²) in [6.45, 7) is 1.95. The fourth-order valence-electron chi connectivity index (χ4n) is 2.82. The minimum Gasteiger partial charge on any atom is -0.497 e. The molecule has 0 unspecified atom stereocenters. The maximum atomic E-state index is 12.5. The lowest BCUT2D eigenvalue weighted by Gasteiger charge is -2.34. The standard InChI is InChI=1S/C19H22N4O3/c1-26-17-4-2-3-16(13-17)21-19(25)23-11-9-22(10-12-23)18(24)14-5-7-15(20)8-6-14/h2-8,13H,9-12,20H2,1H3,(H,21,25). The molecule has 2 aromatic rings. The Bertz CT molecular complexity index is 784. The predicted octanol–water partition coefficient (Wildman–Crippen LogP) is 2.27. The molecule has 1 saturated heterocycles. The third kappa shape index (κ3) is 4.05. The second-order valence-corrected chi connectivity index (χ2v) is 6.06. The lowest BCUT2D eigenvalue weighted by molar-refractivity contribution is 0.0671. The number of nitrogens with two attached hydrogens (primary N) is 1. The topological polar surface area (TPSA) is 87.9 Å². The number of hydrogen-bond donors (Lipinski definition) is 2. The molecule has 3 rings (SSSR count). The van der Waals surface area contributed by atoms with Crippen LogP contribution in [0.25, 0.3) is 0 Å². The van der Waals surface area contributed by atoms with Gasteiger partial charge in [-0.05, 0) is 36.4 Å². The highest BCUT2D eigenvalue weighted by atomic mass is 16.5. The lowest BCUT2D eigenvalue weighted by Crippen LogP contribution is -2.51. The monoisotopic (exact) mass is 354 g/mol. The summed E-state index contributed by atoms with van der Waals surface area (Å²) in [7, 11) is 1.58. The van der Waals surface area contributed by atoms with Crippen molar-refractivity contribution in [1.29, 1.82) is 0 Å². The van der Waals surface area contributed by atoms with E-state index in [1.54, 1.807) is 53.3 Å². The number of hydrogen-bond acceptors (Lipinski definition) is 4. The van der Waals surface area contributed by atoms with Gasteiger partial charge in [-0.3, -0.25) is 4.79 Å². The smallest absolute Gasteiger partial charge is 0.321 e. The van der Waals surface area contributed by atoms with Crippen LogP contribution in [0.4, 0.5) is 16.2 Å². The highest BCUT2D eigenvalue weighted by Gasteiger charge is 2.24. The molecule has 0 saturated carbocycles. The molecule has 1 aliphatic heterocycles. The zero-order chi connectivity index (χ0) is 18.5. The number of methoxy groups -OCH3 is 1. The van der Waals surface area contributed by atoms with E-state index in [1.807, 2.05) is 12.1 Å². The molecule has 0 radical (unpaired) electrons. The molecule has 0 bridgehead atoms. The molecule has 26 heavy (non-hydrogen) atoms. The molecule has 3 N–H and O–H groups in total. The molecule has 136 valence electrons. The number of nitrogens with one attached hydrogen (secondary N) is 1. The van der Waals surface area contributed by atoms with E-state index in [1.165, 1.54) is 0 Å². The van der Waals surface area contributed by atoms with Crippen molar-refractivity contribution in [3.05, 3.63) is 54.1 Å². The highest BCUT2D eigenvalue weighted by molar-refractivity contribution is 5.95. The Morgan fingerprint density at radius 1 is 1.00 bits per heavy atom. The van der Waals surface area contributed by atoms with Crippen molar-refractivity contribution in [1.82, 2.24) is 9.80 Å². The van der Waals surface area contributed by atoms with Gasteiger partial charge in [0, 0.05) is 49.2 Å². The number of ether oxygens (including phenoxy) is 1. The largest absolute Gasteiger partial charge is 0.497 e. The molecular formula is C19H22N4O3. The van der Waals surface area contributed by atoms with Crippen LogP contribution in [0.15, 0.2) is 48.5 Å². The Balaban J connectivity index is 1.55. The second-order valence-electron chi connectivity index (χ2n) is 6.06. The normalized spacial score (nSPS) is 14.0. The van der Waals surface area contributed by atoms with Crippen LogP contribution in [0.1, 0.15) is 10.4 Å². The van der Waals surface area contributed by atoms with E-state index in [-0.39, 0.29) is 11.9 Å². The number of anilines is 2. The summed E-state index contributed by atoms with van der Waals surface area (Å²) in [5.41, 5.74) is 7.56. The van der Waals surface area contributed by atoms with Crippen LogP contribution in [-0.4, -0.2) is 55.0 Å². The van der Waals surface area contributed by atoms with E-state index in [4.69, 9.17) is 10.5 Å². The van der Waals surface area contributed by atoms with Gasteiger partial charge >= 0.3 is 6.03 Å². The Labute approximate surface area is 152 Å². The van der Waals surface area contributed by atoms with Crippen LogP contribution in [0, 0.1) is 0 Å². The Kier molecular flexibility index (Phi) is 5.26. The number of nitrogens with zero attached hydrogens (tertiary/aromatic N) is 2. The summed E-state index contributed by atoms with van der Waals surface area (Å²) in [6, 6.07) is 13.9. The van der Waals surface area contributed by atoms with Gasteiger partial charge < -0.3 is 25.6 Å². The molecule has 0 atom stereocenters. The maximum absolute atomic E-state index is 12.5. The van der Waals surface area contributed by atoms with Gasteiger partial charge in [-0.1, -0.05) is 6.07 Å². The number of urea groups is 1. The summed E-state index contributed by atoms with van der Waals surface area (Å²) in [5, 5.41) is 2.86. The fraction of sp³-hybridized carbons (Fsp3) is 0.263. The van der Waals surface area contributed by atoms with Crippen molar-refractivity contribution in [3.8, 4) is 5.75 Å². The van der Waals surface area contributed by atoms with E-state index in [9.17, 15) is 9.59 Å². The van der Waals surface area contributed by atoms with Gasteiger partial charge in [-0.25, -0.2) is 4.79 Å². The number of piperazine rings is 1. The molecule has 1 heterocycles. The van der Waals surface area contributed by atoms with Crippen molar-refractivity contribution in [2.24, 2.45) is 0 Å². The first kappa shape index (κ1) is 17.6. The van der Waals surface area contributed by atoms with Crippen LogP contribution in [0.3, 0.4) is 0 Å². The molecule has 0 spiro atoms. The summed E-state index contributed by atoms with van der Waals surface area (Å²) >= 11 is 0. The Morgan fingerprint density at radius 2 is 1.65 bits per heavy atom. The molecular weight excluding hydrogens is 332 g/mol. The first-order chi connectivity index (χ1) is 12.6. The molecule has 1 fully saturated rings. The Morgan fingerprint density at radius 3 is 2.31 bits per heavy atom. The fourth-order valence-corrected chi connectivity index (χ4v) is 2.82. The molecule has 3 amide bonds. The van der Waals surface area contributed by atoms with Gasteiger partial charge in [-0.15, -0.1) is 0 Å². The van der Waals surface area contributed by atoms with Crippen molar-refractivity contribution in [2.45, 2.75) is 0 Å². The van der Waals surface area contributed by atoms with E-state index >= 15 is 0 Å². The summed E-state index contributed by atoms with van der Waals surface area (Å²) in [5.74, 6) is 0.638. The third-order valence-electron chi connectivity index (χ3n) is 4.33. The summed E-state index contributed by atoms with van der Waals surface area (Å²) in [4.78, 5) is 28.4. The average molecular weight is 354 g/mol. The highest BCUT2D eigenvalue weighted by Crippen LogP contribution is 2.18. The minimum absolute atomic E-state index is 0.0437. The second kappa shape index (κ2) is 7.77. The maximum Gasteiger partial charge on any atom is 0.321 e. The zero-order valence-electron chi connectivity index (χ0n) is 14.6.